The Labute approximate surface area is 68.6 Å². The molecule has 1 aromatic rings. The fourth-order valence-electron chi connectivity index (χ4n) is 0.898. The Morgan fingerprint density at radius 2 is 2.00 bits per heavy atom. The first-order valence-electron chi connectivity index (χ1n) is 3.16. The maximum absolute atomic E-state index is 4.06. The van der Waals surface area contributed by atoms with Gasteiger partial charge in [-0.3, -0.25) is 4.98 Å². The monoisotopic (exact) mass is 169 g/mol. The summed E-state index contributed by atoms with van der Waals surface area (Å²) in [5, 5.41) is 0. The lowest BCUT2D eigenvalue weighted by molar-refractivity contribution is 1.12. The van der Waals surface area contributed by atoms with E-state index in [0.717, 1.165) is 0 Å². The van der Waals surface area contributed by atoms with Crippen LogP contribution in [0.3, 0.4) is 0 Å². The third kappa shape index (κ3) is 1.16. The number of pyridine rings is 1. The lowest BCUT2D eigenvalue weighted by atomic mass is 10.5. The number of hydrogen-bond donors (Lipinski definition) is 0. The molecular formula is C7H7NS2. The van der Waals surface area contributed by atoms with Crippen LogP contribution in [0.25, 0.3) is 0 Å². The minimum Gasteiger partial charge on any atom is -0.263 e. The molecule has 0 atom stereocenters. The number of hydrogen-bond acceptors (Lipinski definition) is 3. The third-order valence-electron chi connectivity index (χ3n) is 1.35. The van der Waals surface area contributed by atoms with Gasteiger partial charge >= 0.3 is 0 Å². The standard InChI is InChI=1S/C7H7NS2/c1-2-8-5-7-6(1)9-3-4-10-7/h1-2,5H,3-4H2. The van der Waals surface area contributed by atoms with Crippen LogP contribution in [-0.4, -0.2) is 16.5 Å². The number of rotatable bonds is 0. The summed E-state index contributed by atoms with van der Waals surface area (Å²) in [4.78, 5) is 6.80. The lowest BCUT2D eigenvalue weighted by Crippen LogP contribution is -1.93. The van der Waals surface area contributed by atoms with Gasteiger partial charge in [-0.2, -0.15) is 0 Å². The molecule has 0 spiro atoms. The van der Waals surface area contributed by atoms with Gasteiger partial charge in [0.2, 0.25) is 0 Å². The number of nitrogens with zero attached hydrogens (tertiary/aromatic N) is 1. The summed E-state index contributed by atoms with van der Waals surface area (Å²) in [5.74, 6) is 2.46. The van der Waals surface area contributed by atoms with Crippen LogP contribution in [0, 0.1) is 0 Å². The molecule has 0 saturated heterocycles. The largest absolute Gasteiger partial charge is 0.263 e. The van der Waals surface area contributed by atoms with Crippen molar-refractivity contribution >= 4 is 23.5 Å². The highest BCUT2D eigenvalue weighted by atomic mass is 32.2. The molecular weight excluding hydrogens is 162 g/mol. The number of fused-ring (bicyclic) bond motifs is 1. The van der Waals surface area contributed by atoms with Crippen molar-refractivity contribution in [3.05, 3.63) is 18.5 Å². The second-order valence-electron chi connectivity index (χ2n) is 2.02. The Bertz CT molecular complexity index is 212. The van der Waals surface area contributed by atoms with Crippen molar-refractivity contribution in [1.29, 1.82) is 0 Å². The summed E-state index contributed by atoms with van der Waals surface area (Å²) in [6.45, 7) is 0. The molecule has 0 fully saturated rings. The van der Waals surface area contributed by atoms with Crippen molar-refractivity contribution in [2.75, 3.05) is 11.5 Å². The average Bonchev–Trinajstić information content (AvgIpc) is 2.05. The van der Waals surface area contributed by atoms with Gasteiger partial charge in [-0.05, 0) is 6.07 Å². The fourth-order valence-corrected chi connectivity index (χ4v) is 3.06. The van der Waals surface area contributed by atoms with E-state index in [4.69, 9.17) is 0 Å². The molecule has 0 amide bonds. The van der Waals surface area contributed by atoms with Gasteiger partial charge in [0.1, 0.15) is 0 Å². The van der Waals surface area contributed by atoms with Crippen molar-refractivity contribution in [2.24, 2.45) is 0 Å². The van der Waals surface area contributed by atoms with Crippen LogP contribution in [0.1, 0.15) is 0 Å². The van der Waals surface area contributed by atoms with Crippen LogP contribution < -0.4 is 0 Å². The highest BCUT2D eigenvalue weighted by Gasteiger charge is 2.08. The second kappa shape index (κ2) is 2.84. The zero-order valence-electron chi connectivity index (χ0n) is 5.41. The molecule has 0 saturated carbocycles. The Kier molecular flexibility index (Phi) is 1.86. The predicted molar refractivity (Wildman–Crippen MR) is 45.7 cm³/mol. The summed E-state index contributed by atoms with van der Waals surface area (Å²) in [5.41, 5.74) is 0. The Hall–Kier alpha value is -0.150. The first-order valence-corrected chi connectivity index (χ1v) is 5.13. The predicted octanol–water partition coefficient (Wildman–Crippen LogP) is 2.28. The zero-order valence-corrected chi connectivity index (χ0v) is 7.04. The van der Waals surface area contributed by atoms with Crippen molar-refractivity contribution in [3.8, 4) is 0 Å². The molecule has 10 heavy (non-hydrogen) atoms. The molecule has 0 bridgehead atoms. The fraction of sp³-hybridized carbons (Fsp3) is 0.286. The molecule has 0 N–H and O–H groups in total. The van der Waals surface area contributed by atoms with E-state index in [1.807, 2.05) is 35.9 Å². The van der Waals surface area contributed by atoms with Gasteiger partial charge in [0.25, 0.3) is 0 Å². The van der Waals surface area contributed by atoms with E-state index in [1.54, 1.807) is 0 Å². The minimum atomic E-state index is 1.23. The van der Waals surface area contributed by atoms with Crippen molar-refractivity contribution < 1.29 is 0 Å². The quantitative estimate of drug-likeness (QED) is 0.591. The van der Waals surface area contributed by atoms with E-state index in [1.165, 1.54) is 21.3 Å². The first-order chi connectivity index (χ1) is 4.97. The van der Waals surface area contributed by atoms with E-state index < -0.39 is 0 Å². The molecule has 52 valence electrons. The van der Waals surface area contributed by atoms with Crippen molar-refractivity contribution in [3.63, 3.8) is 0 Å². The van der Waals surface area contributed by atoms with Crippen LogP contribution in [0.4, 0.5) is 0 Å². The molecule has 0 radical (unpaired) electrons. The SMILES string of the molecule is c1cc2c(cn1)SCCS2. The van der Waals surface area contributed by atoms with Gasteiger partial charge < -0.3 is 0 Å². The summed E-state index contributed by atoms with van der Waals surface area (Å²) >= 11 is 3.83. The van der Waals surface area contributed by atoms with Gasteiger partial charge in [-0.15, -0.1) is 23.5 Å². The van der Waals surface area contributed by atoms with Gasteiger partial charge in [0.05, 0.1) is 0 Å². The van der Waals surface area contributed by atoms with E-state index in [9.17, 15) is 0 Å². The summed E-state index contributed by atoms with van der Waals surface area (Å²) in [6.07, 6.45) is 3.81. The van der Waals surface area contributed by atoms with Gasteiger partial charge in [-0.25, -0.2) is 0 Å². The molecule has 0 aromatic carbocycles. The molecule has 1 aliphatic rings. The number of aromatic nitrogens is 1. The summed E-state index contributed by atoms with van der Waals surface area (Å²) < 4.78 is 0. The average molecular weight is 169 g/mol. The Balaban J connectivity index is 2.41. The van der Waals surface area contributed by atoms with Gasteiger partial charge in [0.15, 0.2) is 0 Å². The van der Waals surface area contributed by atoms with E-state index in [2.05, 4.69) is 11.1 Å². The second-order valence-corrected chi connectivity index (χ2v) is 4.29. The van der Waals surface area contributed by atoms with Crippen LogP contribution in [0.2, 0.25) is 0 Å². The molecule has 3 heteroatoms. The molecule has 1 nitrogen and oxygen atoms in total. The van der Waals surface area contributed by atoms with Crippen molar-refractivity contribution in [1.82, 2.24) is 4.98 Å². The lowest BCUT2D eigenvalue weighted by Gasteiger charge is -2.12. The van der Waals surface area contributed by atoms with Crippen molar-refractivity contribution in [2.45, 2.75) is 9.79 Å². The molecule has 0 unspecified atom stereocenters. The third-order valence-corrected chi connectivity index (χ3v) is 3.85. The Morgan fingerprint density at radius 1 is 1.20 bits per heavy atom. The maximum atomic E-state index is 4.06. The summed E-state index contributed by atoms with van der Waals surface area (Å²) in [7, 11) is 0. The van der Waals surface area contributed by atoms with Gasteiger partial charge in [0, 0.05) is 33.7 Å². The van der Waals surface area contributed by atoms with E-state index in [0.29, 0.717) is 0 Å². The molecule has 1 aromatic heterocycles. The topological polar surface area (TPSA) is 12.9 Å². The number of thioether (sulfide) groups is 2. The highest BCUT2D eigenvalue weighted by molar-refractivity contribution is 8.05. The van der Waals surface area contributed by atoms with Crippen LogP contribution in [0.5, 0.6) is 0 Å². The zero-order chi connectivity index (χ0) is 6.81. The van der Waals surface area contributed by atoms with E-state index >= 15 is 0 Å². The highest BCUT2D eigenvalue weighted by Crippen LogP contribution is 2.35. The molecule has 2 rings (SSSR count). The minimum absolute atomic E-state index is 1.23. The maximum Gasteiger partial charge on any atom is 0.0415 e. The first kappa shape index (κ1) is 6.55. The van der Waals surface area contributed by atoms with Gasteiger partial charge in [-0.1, -0.05) is 0 Å². The molecule has 2 heterocycles. The summed E-state index contributed by atoms with van der Waals surface area (Å²) in [6, 6.07) is 2.09. The smallest absolute Gasteiger partial charge is 0.0415 e. The van der Waals surface area contributed by atoms with Crippen LogP contribution >= 0.6 is 23.5 Å². The van der Waals surface area contributed by atoms with Crippen LogP contribution in [0.15, 0.2) is 28.3 Å². The van der Waals surface area contributed by atoms with Crippen LogP contribution in [-0.2, 0) is 0 Å². The molecule has 1 aliphatic heterocycles. The normalized spacial score (nSPS) is 16.4. The Morgan fingerprint density at radius 3 is 2.80 bits per heavy atom. The van der Waals surface area contributed by atoms with E-state index in [-0.39, 0.29) is 0 Å². The molecule has 0 aliphatic carbocycles.